The van der Waals surface area contributed by atoms with Gasteiger partial charge in [-0.05, 0) is 22.9 Å². The van der Waals surface area contributed by atoms with Crippen molar-refractivity contribution in [1.29, 1.82) is 0 Å². The second kappa shape index (κ2) is 5.80. The van der Waals surface area contributed by atoms with E-state index in [0.29, 0.717) is 11.4 Å². The number of hydrogen-bond donors (Lipinski definition) is 1. The second-order valence-electron chi connectivity index (χ2n) is 4.60. The molecule has 1 atom stereocenters. The van der Waals surface area contributed by atoms with Gasteiger partial charge in [-0.15, -0.1) is 10.2 Å². The molecule has 0 unspecified atom stereocenters. The van der Waals surface area contributed by atoms with Gasteiger partial charge in [0.05, 0.1) is 6.54 Å². The summed E-state index contributed by atoms with van der Waals surface area (Å²) in [5.41, 5.74) is 1.33. The van der Waals surface area contributed by atoms with Crippen LogP contribution in [0.25, 0.3) is 11.4 Å². The molecule has 1 heterocycles. The van der Waals surface area contributed by atoms with Crippen LogP contribution in [0.15, 0.2) is 54.6 Å². The van der Waals surface area contributed by atoms with Crippen molar-refractivity contribution in [2.24, 2.45) is 0 Å². The Morgan fingerprint density at radius 2 is 1.90 bits per heavy atom. The smallest absolute Gasteiger partial charge is 0.205 e. The van der Waals surface area contributed by atoms with Gasteiger partial charge >= 0.3 is 0 Å². The van der Waals surface area contributed by atoms with Crippen LogP contribution < -0.4 is 0 Å². The van der Waals surface area contributed by atoms with E-state index in [9.17, 15) is 9.50 Å². The predicted octanol–water partition coefficient (Wildman–Crippen LogP) is 2.21. The Morgan fingerprint density at radius 1 is 1.10 bits per heavy atom. The van der Waals surface area contributed by atoms with Gasteiger partial charge in [-0.1, -0.05) is 42.5 Å². The molecule has 0 aliphatic carbocycles. The zero-order valence-electron chi connectivity index (χ0n) is 11.1. The van der Waals surface area contributed by atoms with Gasteiger partial charge in [0.25, 0.3) is 0 Å². The topological polar surface area (TPSA) is 63.8 Å². The first-order valence-electron chi connectivity index (χ1n) is 6.49. The monoisotopic (exact) mass is 284 g/mol. The Kier molecular flexibility index (Phi) is 3.70. The largest absolute Gasteiger partial charge is 0.386 e. The van der Waals surface area contributed by atoms with Crippen LogP contribution in [0.2, 0.25) is 0 Å². The van der Waals surface area contributed by atoms with Crippen molar-refractivity contribution in [3.05, 3.63) is 66.0 Å². The van der Waals surface area contributed by atoms with Crippen molar-refractivity contribution in [2.45, 2.75) is 12.6 Å². The van der Waals surface area contributed by atoms with Crippen molar-refractivity contribution in [3.8, 4) is 11.4 Å². The van der Waals surface area contributed by atoms with Gasteiger partial charge in [0.1, 0.15) is 11.9 Å². The lowest BCUT2D eigenvalue weighted by Gasteiger charge is -2.08. The van der Waals surface area contributed by atoms with Gasteiger partial charge in [-0.25, -0.2) is 4.39 Å². The molecule has 0 radical (unpaired) electrons. The number of aromatic nitrogens is 4. The molecule has 0 aliphatic heterocycles. The Morgan fingerprint density at radius 3 is 2.67 bits per heavy atom. The molecule has 1 N–H and O–H groups in total. The molecule has 0 saturated heterocycles. The van der Waals surface area contributed by atoms with Crippen LogP contribution in [0, 0.1) is 5.82 Å². The van der Waals surface area contributed by atoms with Crippen molar-refractivity contribution in [2.75, 3.05) is 0 Å². The highest BCUT2D eigenvalue weighted by molar-refractivity contribution is 5.53. The normalized spacial score (nSPS) is 12.3. The Balaban J connectivity index is 1.76. The van der Waals surface area contributed by atoms with Crippen LogP contribution >= 0.6 is 0 Å². The third kappa shape index (κ3) is 3.11. The van der Waals surface area contributed by atoms with Gasteiger partial charge in [0, 0.05) is 5.56 Å². The fraction of sp³-hybridized carbons (Fsp3) is 0.133. The fourth-order valence-corrected chi connectivity index (χ4v) is 2.00. The molecule has 0 aliphatic rings. The van der Waals surface area contributed by atoms with Crippen LogP contribution in [-0.4, -0.2) is 25.3 Å². The molecule has 3 rings (SSSR count). The first-order chi connectivity index (χ1) is 10.2. The van der Waals surface area contributed by atoms with Gasteiger partial charge in [0.2, 0.25) is 5.82 Å². The number of rotatable bonds is 4. The van der Waals surface area contributed by atoms with Crippen LogP contribution in [0.4, 0.5) is 4.39 Å². The summed E-state index contributed by atoms with van der Waals surface area (Å²) in [6.07, 6.45) is -0.722. The molecular weight excluding hydrogens is 271 g/mol. The Labute approximate surface area is 120 Å². The zero-order chi connectivity index (χ0) is 14.7. The molecule has 106 valence electrons. The van der Waals surface area contributed by atoms with E-state index in [0.717, 1.165) is 5.56 Å². The molecule has 21 heavy (non-hydrogen) atoms. The quantitative estimate of drug-likeness (QED) is 0.798. The SMILES string of the molecule is O[C@@H](Cn1nnc(-c2cccc(F)c2)n1)c1ccccc1. The molecule has 3 aromatic rings. The number of aliphatic hydroxyl groups is 1. The molecule has 2 aromatic carbocycles. The number of tetrazole rings is 1. The van der Waals surface area contributed by atoms with Crippen LogP contribution in [0.1, 0.15) is 11.7 Å². The molecule has 0 bridgehead atoms. The predicted molar refractivity (Wildman–Crippen MR) is 74.6 cm³/mol. The highest BCUT2D eigenvalue weighted by atomic mass is 19.1. The molecule has 0 fully saturated rings. The highest BCUT2D eigenvalue weighted by Gasteiger charge is 2.12. The van der Waals surface area contributed by atoms with E-state index in [-0.39, 0.29) is 12.4 Å². The standard InChI is InChI=1S/C15H13FN4O/c16-13-8-4-7-12(9-13)15-17-19-20(18-15)10-14(21)11-5-2-1-3-6-11/h1-9,14,21H,10H2/t14-/m0/s1. The minimum atomic E-state index is -0.722. The summed E-state index contributed by atoms with van der Waals surface area (Å²) < 4.78 is 13.2. The summed E-state index contributed by atoms with van der Waals surface area (Å²) >= 11 is 0. The zero-order valence-corrected chi connectivity index (χ0v) is 11.1. The lowest BCUT2D eigenvalue weighted by atomic mass is 10.1. The summed E-state index contributed by atoms with van der Waals surface area (Å²) in [7, 11) is 0. The van der Waals surface area contributed by atoms with Gasteiger partial charge in [-0.3, -0.25) is 0 Å². The molecular formula is C15H13FN4O. The van der Waals surface area contributed by atoms with Crippen molar-refractivity contribution < 1.29 is 9.50 Å². The summed E-state index contributed by atoms with van der Waals surface area (Å²) in [5.74, 6) is -0.0251. The molecule has 6 heteroatoms. The van der Waals surface area contributed by atoms with Crippen molar-refractivity contribution >= 4 is 0 Å². The summed E-state index contributed by atoms with van der Waals surface area (Å²) in [6.45, 7) is 0.187. The second-order valence-corrected chi connectivity index (χ2v) is 4.60. The van der Waals surface area contributed by atoms with E-state index < -0.39 is 6.10 Å². The number of hydrogen-bond acceptors (Lipinski definition) is 4. The number of nitrogens with zero attached hydrogens (tertiary/aromatic N) is 4. The summed E-state index contributed by atoms with van der Waals surface area (Å²) in [6, 6.07) is 15.2. The number of aliphatic hydroxyl groups excluding tert-OH is 1. The maximum Gasteiger partial charge on any atom is 0.205 e. The average molecular weight is 284 g/mol. The first kappa shape index (κ1) is 13.4. The maximum atomic E-state index is 13.2. The lowest BCUT2D eigenvalue weighted by molar-refractivity contribution is 0.144. The fourth-order valence-electron chi connectivity index (χ4n) is 2.00. The molecule has 0 amide bonds. The Bertz CT molecular complexity index is 729. The molecule has 0 saturated carbocycles. The van der Waals surface area contributed by atoms with Crippen LogP contribution in [-0.2, 0) is 6.54 Å². The molecule has 0 spiro atoms. The van der Waals surface area contributed by atoms with Crippen molar-refractivity contribution in [3.63, 3.8) is 0 Å². The summed E-state index contributed by atoms with van der Waals surface area (Å²) in [4.78, 5) is 1.30. The Hall–Kier alpha value is -2.60. The van der Waals surface area contributed by atoms with Crippen LogP contribution in [0.5, 0.6) is 0 Å². The van der Waals surface area contributed by atoms with E-state index in [4.69, 9.17) is 0 Å². The minimum Gasteiger partial charge on any atom is -0.386 e. The van der Waals surface area contributed by atoms with E-state index in [1.165, 1.54) is 16.9 Å². The van der Waals surface area contributed by atoms with E-state index in [2.05, 4.69) is 15.4 Å². The highest BCUT2D eigenvalue weighted by Crippen LogP contribution is 2.16. The maximum absolute atomic E-state index is 13.2. The third-order valence-corrected chi connectivity index (χ3v) is 3.06. The van der Waals surface area contributed by atoms with E-state index in [1.54, 1.807) is 12.1 Å². The molecule has 1 aromatic heterocycles. The van der Waals surface area contributed by atoms with E-state index in [1.807, 2.05) is 30.3 Å². The summed E-state index contributed by atoms with van der Waals surface area (Å²) in [5, 5.41) is 22.0. The van der Waals surface area contributed by atoms with E-state index >= 15 is 0 Å². The van der Waals surface area contributed by atoms with Gasteiger partial charge in [0.15, 0.2) is 0 Å². The lowest BCUT2D eigenvalue weighted by Crippen LogP contribution is -2.11. The van der Waals surface area contributed by atoms with Crippen molar-refractivity contribution in [1.82, 2.24) is 20.2 Å². The van der Waals surface area contributed by atoms with Crippen LogP contribution in [0.3, 0.4) is 0 Å². The number of halogens is 1. The van der Waals surface area contributed by atoms with Gasteiger partial charge < -0.3 is 5.11 Å². The first-order valence-corrected chi connectivity index (χ1v) is 6.49. The van der Waals surface area contributed by atoms with Gasteiger partial charge in [-0.2, -0.15) is 4.80 Å². The third-order valence-electron chi connectivity index (χ3n) is 3.06. The molecule has 5 nitrogen and oxygen atoms in total. The average Bonchev–Trinajstić information content (AvgIpc) is 2.97. The number of benzene rings is 2. The minimum absolute atomic E-state index is 0.187.